The highest BCUT2D eigenvalue weighted by molar-refractivity contribution is 5.76. The van der Waals surface area contributed by atoms with Crippen molar-refractivity contribution in [2.24, 2.45) is 32.9 Å². The van der Waals surface area contributed by atoms with E-state index < -0.39 is 0 Å². The molecule has 0 fully saturated rings. The second-order valence-electron chi connectivity index (χ2n) is 10.1. The van der Waals surface area contributed by atoms with Crippen molar-refractivity contribution >= 4 is 17.8 Å². The lowest BCUT2D eigenvalue weighted by molar-refractivity contribution is -0.131. The van der Waals surface area contributed by atoms with E-state index >= 15 is 0 Å². The van der Waals surface area contributed by atoms with Gasteiger partial charge >= 0.3 is 0 Å². The number of nitrogens with two attached hydrogens (primary N) is 4. The minimum atomic E-state index is 0.180. The molecule has 1 amide bonds. The third-order valence-electron chi connectivity index (χ3n) is 6.61. The summed E-state index contributed by atoms with van der Waals surface area (Å²) in [5.41, 5.74) is 21.4. The summed E-state index contributed by atoms with van der Waals surface area (Å²) in [5.74, 6) is 0.719. The van der Waals surface area contributed by atoms with Crippen molar-refractivity contribution in [1.29, 1.82) is 0 Å². The summed E-state index contributed by atoms with van der Waals surface area (Å²) in [4.78, 5) is 23.1. The van der Waals surface area contributed by atoms with E-state index in [1.807, 2.05) is 0 Å². The van der Waals surface area contributed by atoms with Crippen LogP contribution in [0.5, 0.6) is 0 Å². The van der Waals surface area contributed by atoms with Gasteiger partial charge in [-0.3, -0.25) is 14.8 Å². The van der Waals surface area contributed by atoms with Crippen molar-refractivity contribution in [2.75, 3.05) is 26.2 Å². The van der Waals surface area contributed by atoms with Crippen LogP contribution in [-0.4, -0.2) is 48.9 Å². The number of amides is 1. The molecular weight excluding hydrogens is 450 g/mol. The maximum absolute atomic E-state index is 12.9. The quantitative estimate of drug-likeness (QED) is 0.0719. The molecular formula is C28H59N7O. The van der Waals surface area contributed by atoms with Gasteiger partial charge in [-0.25, -0.2) is 0 Å². The number of unbranched alkanes of at least 4 members (excludes halogenated alkanes) is 16. The number of rotatable bonds is 26. The van der Waals surface area contributed by atoms with E-state index in [0.29, 0.717) is 12.3 Å². The van der Waals surface area contributed by atoms with Crippen molar-refractivity contribution in [3.8, 4) is 0 Å². The van der Waals surface area contributed by atoms with Crippen molar-refractivity contribution in [1.82, 2.24) is 4.90 Å². The lowest BCUT2D eigenvalue weighted by Gasteiger charge is -2.23. The molecule has 0 aromatic carbocycles. The molecule has 0 bridgehead atoms. The molecule has 36 heavy (non-hydrogen) atoms. The molecule has 0 unspecified atom stereocenters. The van der Waals surface area contributed by atoms with E-state index in [0.717, 1.165) is 71.1 Å². The number of hydrogen-bond donors (Lipinski definition) is 4. The first-order valence-corrected chi connectivity index (χ1v) is 14.9. The Morgan fingerprint density at radius 3 is 1.31 bits per heavy atom. The molecule has 0 aliphatic heterocycles. The number of carbonyl (C=O) groups is 1. The van der Waals surface area contributed by atoms with Gasteiger partial charge in [0, 0.05) is 32.6 Å². The zero-order chi connectivity index (χ0) is 26.7. The Morgan fingerprint density at radius 1 is 0.528 bits per heavy atom. The lowest BCUT2D eigenvalue weighted by atomic mass is 10.1. The van der Waals surface area contributed by atoms with Crippen LogP contribution in [0.1, 0.15) is 135 Å². The summed E-state index contributed by atoms with van der Waals surface area (Å²) in [6, 6.07) is 0. The van der Waals surface area contributed by atoms with Gasteiger partial charge in [0.1, 0.15) is 0 Å². The summed E-state index contributed by atoms with van der Waals surface area (Å²) in [6.07, 6.45) is 23.2. The molecule has 0 aliphatic carbocycles. The smallest absolute Gasteiger partial charge is 0.222 e. The molecule has 0 aromatic rings. The number of hydrogen-bond acceptors (Lipinski definition) is 3. The summed E-state index contributed by atoms with van der Waals surface area (Å²) >= 11 is 0. The van der Waals surface area contributed by atoms with Crippen LogP contribution in [0.25, 0.3) is 0 Å². The van der Waals surface area contributed by atoms with E-state index in [-0.39, 0.29) is 11.9 Å². The zero-order valence-electron chi connectivity index (χ0n) is 23.5. The summed E-state index contributed by atoms with van der Waals surface area (Å²) in [6.45, 7) is 5.50. The van der Waals surface area contributed by atoms with Gasteiger partial charge in [-0.05, 0) is 32.1 Å². The Bertz CT molecular complexity index is 524. The van der Waals surface area contributed by atoms with Gasteiger partial charge in [0.15, 0.2) is 11.9 Å². The average molecular weight is 510 g/mol. The lowest BCUT2D eigenvalue weighted by Crippen LogP contribution is -2.32. The minimum Gasteiger partial charge on any atom is -0.370 e. The molecule has 212 valence electrons. The van der Waals surface area contributed by atoms with Crippen molar-refractivity contribution in [3.63, 3.8) is 0 Å². The SMILES string of the molecule is CCCCCCCCCC(=O)N(CCCCCCCCN=C(N)N)CCCCCCCCN=C(N)N. The summed E-state index contributed by atoms with van der Waals surface area (Å²) in [5, 5.41) is 0. The molecule has 0 saturated carbocycles. The molecule has 0 aromatic heterocycles. The van der Waals surface area contributed by atoms with E-state index in [1.54, 1.807) is 0 Å². The van der Waals surface area contributed by atoms with Crippen LogP contribution in [0.4, 0.5) is 0 Å². The Morgan fingerprint density at radius 2 is 0.889 bits per heavy atom. The first-order chi connectivity index (χ1) is 17.5. The van der Waals surface area contributed by atoms with Crippen LogP contribution >= 0.6 is 0 Å². The van der Waals surface area contributed by atoms with Crippen LogP contribution in [-0.2, 0) is 4.79 Å². The standard InChI is InChI=1S/C28H59N7O/c1-2-3-4-5-6-11-16-21-26(36)35(24-19-14-9-7-12-17-22-33-27(29)30)25-20-15-10-8-13-18-23-34-28(31)32/h2-25H2,1H3,(H4,29,30,33)(H4,31,32,34). The molecule has 0 saturated heterocycles. The molecule has 8 heteroatoms. The van der Waals surface area contributed by atoms with Crippen molar-refractivity contribution in [2.45, 2.75) is 135 Å². The monoisotopic (exact) mass is 509 g/mol. The largest absolute Gasteiger partial charge is 0.370 e. The maximum atomic E-state index is 12.9. The Kier molecular flexibility index (Phi) is 24.6. The Labute approximate surface area is 222 Å². The van der Waals surface area contributed by atoms with Crippen LogP contribution in [0.3, 0.4) is 0 Å². The number of guanidine groups is 2. The predicted octanol–water partition coefficient (Wildman–Crippen LogP) is 5.18. The molecule has 8 nitrogen and oxygen atoms in total. The summed E-state index contributed by atoms with van der Waals surface area (Å²) < 4.78 is 0. The fourth-order valence-corrected chi connectivity index (χ4v) is 4.41. The number of nitrogens with zero attached hydrogens (tertiary/aromatic N) is 3. The molecule has 0 spiro atoms. The average Bonchev–Trinajstić information content (AvgIpc) is 2.84. The van der Waals surface area contributed by atoms with Crippen LogP contribution in [0.15, 0.2) is 9.98 Å². The molecule has 0 aliphatic rings. The van der Waals surface area contributed by atoms with Crippen LogP contribution in [0.2, 0.25) is 0 Å². The van der Waals surface area contributed by atoms with Crippen LogP contribution < -0.4 is 22.9 Å². The highest BCUT2D eigenvalue weighted by Gasteiger charge is 2.12. The highest BCUT2D eigenvalue weighted by Crippen LogP contribution is 2.13. The second kappa shape index (κ2) is 26.1. The van der Waals surface area contributed by atoms with E-state index in [2.05, 4.69) is 21.8 Å². The van der Waals surface area contributed by atoms with Crippen molar-refractivity contribution < 1.29 is 4.79 Å². The van der Waals surface area contributed by atoms with E-state index in [4.69, 9.17) is 22.9 Å². The molecule has 0 atom stereocenters. The topological polar surface area (TPSA) is 149 Å². The fraction of sp³-hybridized carbons (Fsp3) is 0.893. The molecule has 0 radical (unpaired) electrons. The van der Waals surface area contributed by atoms with E-state index in [9.17, 15) is 4.79 Å². The molecule has 0 rings (SSSR count). The molecule has 0 heterocycles. The van der Waals surface area contributed by atoms with Gasteiger partial charge in [-0.2, -0.15) is 0 Å². The van der Waals surface area contributed by atoms with Gasteiger partial charge < -0.3 is 27.8 Å². The van der Waals surface area contributed by atoms with Gasteiger partial charge in [-0.1, -0.05) is 96.8 Å². The Balaban J connectivity index is 4.13. The van der Waals surface area contributed by atoms with Gasteiger partial charge in [0.25, 0.3) is 0 Å². The van der Waals surface area contributed by atoms with Crippen LogP contribution in [0, 0.1) is 0 Å². The first kappa shape index (κ1) is 34.0. The molecule has 8 N–H and O–H groups in total. The maximum Gasteiger partial charge on any atom is 0.222 e. The van der Waals surface area contributed by atoms with Crippen molar-refractivity contribution in [3.05, 3.63) is 0 Å². The summed E-state index contributed by atoms with van der Waals surface area (Å²) in [7, 11) is 0. The fourth-order valence-electron chi connectivity index (χ4n) is 4.41. The predicted molar refractivity (Wildman–Crippen MR) is 156 cm³/mol. The first-order valence-electron chi connectivity index (χ1n) is 14.9. The third-order valence-corrected chi connectivity index (χ3v) is 6.61. The third kappa shape index (κ3) is 25.1. The Hall–Kier alpha value is -1.99. The normalized spacial score (nSPS) is 10.8. The van der Waals surface area contributed by atoms with Gasteiger partial charge in [-0.15, -0.1) is 0 Å². The van der Waals surface area contributed by atoms with E-state index in [1.165, 1.54) is 77.0 Å². The highest BCUT2D eigenvalue weighted by atomic mass is 16.2. The number of aliphatic imine (C=N–C) groups is 2. The van der Waals surface area contributed by atoms with Gasteiger partial charge in [0.05, 0.1) is 0 Å². The van der Waals surface area contributed by atoms with Gasteiger partial charge in [0.2, 0.25) is 5.91 Å². The zero-order valence-corrected chi connectivity index (χ0v) is 23.5. The minimum absolute atomic E-state index is 0.180. The number of carbonyl (C=O) groups excluding carboxylic acids is 1. The second-order valence-corrected chi connectivity index (χ2v) is 10.1.